The van der Waals surface area contributed by atoms with Crippen molar-refractivity contribution in [1.82, 2.24) is 5.32 Å². The highest BCUT2D eigenvalue weighted by molar-refractivity contribution is 8.00. The van der Waals surface area contributed by atoms with Gasteiger partial charge in [0.25, 0.3) is 11.8 Å². The van der Waals surface area contributed by atoms with Gasteiger partial charge in [-0.05, 0) is 72.3 Å². The van der Waals surface area contributed by atoms with Crippen molar-refractivity contribution in [2.24, 2.45) is 0 Å². The molecule has 1 unspecified atom stereocenters. The molecule has 0 bridgehead atoms. The van der Waals surface area contributed by atoms with Gasteiger partial charge in [0.2, 0.25) is 5.91 Å². The average molecular weight is 666 g/mol. The largest absolute Gasteiger partial charge is 0.495 e. The molecule has 0 aliphatic rings. The molecule has 0 saturated heterocycles. The Labute approximate surface area is 280 Å². The van der Waals surface area contributed by atoms with Gasteiger partial charge >= 0.3 is 0 Å². The molecule has 236 valence electrons. The smallest absolute Gasteiger partial charge is 0.272 e. The van der Waals surface area contributed by atoms with E-state index in [4.69, 9.17) is 16.3 Å². The van der Waals surface area contributed by atoms with Gasteiger partial charge in [-0.3, -0.25) is 14.4 Å². The van der Waals surface area contributed by atoms with Crippen molar-refractivity contribution in [2.45, 2.75) is 10.1 Å². The summed E-state index contributed by atoms with van der Waals surface area (Å²) in [5, 5.41) is 8.06. The fourth-order valence-corrected chi connectivity index (χ4v) is 5.78. The number of benzene rings is 5. The zero-order valence-electron chi connectivity index (χ0n) is 25.1. The molecule has 0 aromatic heterocycles. The first-order chi connectivity index (χ1) is 22.8. The number of rotatable bonds is 11. The number of thioether (sulfide) groups is 1. The molecule has 5 rings (SSSR count). The van der Waals surface area contributed by atoms with Gasteiger partial charge in [-0.25, -0.2) is 4.39 Å². The number of carbonyl (C=O) groups excluding carboxylic acids is 3. The van der Waals surface area contributed by atoms with Gasteiger partial charge in [0.1, 0.15) is 22.5 Å². The summed E-state index contributed by atoms with van der Waals surface area (Å²) in [4.78, 5) is 40.5. The van der Waals surface area contributed by atoms with Crippen LogP contribution in [0.25, 0.3) is 6.08 Å². The number of nitrogens with one attached hydrogen (secondary N) is 3. The second-order valence-corrected chi connectivity index (χ2v) is 11.7. The average Bonchev–Trinajstić information content (AvgIpc) is 3.09. The second-order valence-electron chi connectivity index (χ2n) is 10.1. The molecule has 7 nitrogen and oxygen atoms in total. The summed E-state index contributed by atoms with van der Waals surface area (Å²) in [6.07, 6.45) is 1.29. The quantitative estimate of drug-likeness (QED) is 0.0973. The Bertz CT molecular complexity index is 1900. The fraction of sp³-hybridized carbons (Fsp3) is 0.0541. The van der Waals surface area contributed by atoms with E-state index in [-0.39, 0.29) is 17.2 Å². The molecule has 0 aliphatic heterocycles. The van der Waals surface area contributed by atoms with Gasteiger partial charge in [0, 0.05) is 27.4 Å². The third-order valence-corrected chi connectivity index (χ3v) is 8.42. The Morgan fingerprint density at radius 2 is 1.43 bits per heavy atom. The number of hydrogen-bond acceptors (Lipinski definition) is 5. The van der Waals surface area contributed by atoms with Gasteiger partial charge in [0.05, 0.1) is 12.1 Å². The molecule has 10 heteroatoms. The molecule has 5 aromatic rings. The number of halogens is 2. The number of anilines is 2. The predicted molar refractivity (Wildman–Crippen MR) is 185 cm³/mol. The minimum absolute atomic E-state index is 0.137. The lowest BCUT2D eigenvalue weighted by Crippen LogP contribution is -2.30. The summed E-state index contributed by atoms with van der Waals surface area (Å²) in [6.45, 7) is 0. The van der Waals surface area contributed by atoms with Crippen LogP contribution in [0, 0.1) is 5.82 Å². The molecule has 0 fully saturated rings. The van der Waals surface area contributed by atoms with E-state index >= 15 is 0 Å². The topological polar surface area (TPSA) is 96.5 Å². The molecule has 5 aromatic carbocycles. The summed E-state index contributed by atoms with van der Waals surface area (Å²) in [7, 11) is 1.52. The van der Waals surface area contributed by atoms with Gasteiger partial charge in [-0.2, -0.15) is 0 Å². The van der Waals surface area contributed by atoms with Crippen molar-refractivity contribution < 1.29 is 23.5 Å². The standard InChI is InChI=1S/C37H29ClFN3O4S/c1-46-33-21-18-28(23-30(33)38)41-37(45)34(24-10-4-2-5-11-24)47-29-19-16-27(17-20-29)40-36(44)32(22-26-14-8-9-15-31(26)39)42-35(43)25-12-6-3-7-13-25/h2-23,34H,1H3,(H,40,44)(H,41,45)(H,42,43)/b32-22-. The van der Waals surface area contributed by atoms with Crippen molar-refractivity contribution in [3.05, 3.63) is 161 Å². The van der Waals surface area contributed by atoms with Crippen LogP contribution in [0.1, 0.15) is 26.7 Å². The van der Waals surface area contributed by atoms with Crippen LogP contribution >= 0.6 is 23.4 Å². The van der Waals surface area contributed by atoms with Crippen molar-refractivity contribution >= 4 is 58.5 Å². The van der Waals surface area contributed by atoms with Crippen molar-refractivity contribution in [3.63, 3.8) is 0 Å². The molecule has 3 amide bonds. The molecule has 1 atom stereocenters. The summed E-state index contributed by atoms with van der Waals surface area (Å²) >= 11 is 7.59. The first-order valence-corrected chi connectivity index (χ1v) is 15.7. The molecule has 0 radical (unpaired) electrons. The van der Waals surface area contributed by atoms with Crippen LogP contribution in [-0.4, -0.2) is 24.8 Å². The van der Waals surface area contributed by atoms with E-state index < -0.39 is 22.9 Å². The Hall–Kier alpha value is -5.38. The minimum Gasteiger partial charge on any atom is -0.495 e. The molecule has 47 heavy (non-hydrogen) atoms. The van der Waals surface area contributed by atoms with E-state index in [9.17, 15) is 18.8 Å². The first kappa shape index (κ1) is 33.0. The number of ether oxygens (including phenoxy) is 1. The van der Waals surface area contributed by atoms with E-state index in [1.54, 1.807) is 78.9 Å². The molecular formula is C37H29ClFN3O4S. The van der Waals surface area contributed by atoms with Crippen molar-refractivity contribution in [3.8, 4) is 5.75 Å². The van der Waals surface area contributed by atoms with Crippen molar-refractivity contribution in [2.75, 3.05) is 17.7 Å². The number of methoxy groups -OCH3 is 1. The molecular weight excluding hydrogens is 637 g/mol. The summed E-state index contributed by atoms with van der Waals surface area (Å²) in [6, 6.07) is 35.6. The highest BCUT2D eigenvalue weighted by Crippen LogP contribution is 2.37. The Kier molecular flexibility index (Phi) is 11.1. The van der Waals surface area contributed by atoms with Crippen LogP contribution in [0.4, 0.5) is 15.8 Å². The number of amides is 3. The van der Waals surface area contributed by atoms with E-state index in [1.807, 2.05) is 30.3 Å². The van der Waals surface area contributed by atoms with Crippen LogP contribution in [-0.2, 0) is 9.59 Å². The van der Waals surface area contributed by atoms with E-state index in [2.05, 4.69) is 16.0 Å². The first-order valence-electron chi connectivity index (χ1n) is 14.4. The molecule has 0 aliphatic carbocycles. The van der Waals surface area contributed by atoms with Crippen LogP contribution in [0.2, 0.25) is 5.02 Å². The van der Waals surface area contributed by atoms with Gasteiger partial charge in [0.15, 0.2) is 0 Å². The third-order valence-electron chi connectivity index (χ3n) is 6.86. The molecule has 0 saturated carbocycles. The minimum atomic E-state index is -0.641. The predicted octanol–water partition coefficient (Wildman–Crippen LogP) is 8.37. The zero-order valence-corrected chi connectivity index (χ0v) is 26.6. The number of hydrogen-bond donors (Lipinski definition) is 3. The maximum Gasteiger partial charge on any atom is 0.272 e. The highest BCUT2D eigenvalue weighted by Gasteiger charge is 2.23. The van der Waals surface area contributed by atoms with Crippen LogP contribution in [0.15, 0.2) is 138 Å². The van der Waals surface area contributed by atoms with E-state index in [1.165, 1.54) is 43.1 Å². The molecule has 0 spiro atoms. The van der Waals surface area contributed by atoms with E-state index in [0.717, 1.165) is 10.5 Å². The van der Waals surface area contributed by atoms with Gasteiger partial charge in [-0.15, -0.1) is 11.8 Å². The highest BCUT2D eigenvalue weighted by atomic mass is 35.5. The number of carbonyl (C=O) groups is 3. The zero-order chi connectivity index (χ0) is 33.2. The summed E-state index contributed by atoms with van der Waals surface area (Å²) in [5.41, 5.74) is 2.10. The maximum atomic E-state index is 14.5. The SMILES string of the molecule is COc1ccc(NC(=O)C(Sc2ccc(NC(=O)/C(=C/c3ccccc3F)NC(=O)c3ccccc3)cc2)c2ccccc2)cc1Cl. The Morgan fingerprint density at radius 1 is 0.787 bits per heavy atom. The lowest BCUT2D eigenvalue weighted by molar-refractivity contribution is -0.116. The summed E-state index contributed by atoms with van der Waals surface area (Å²) in [5.74, 6) is -1.45. The lowest BCUT2D eigenvalue weighted by atomic mass is 10.1. The lowest BCUT2D eigenvalue weighted by Gasteiger charge is -2.18. The fourth-order valence-electron chi connectivity index (χ4n) is 4.49. The van der Waals surface area contributed by atoms with Gasteiger partial charge < -0.3 is 20.7 Å². The maximum absolute atomic E-state index is 14.5. The summed E-state index contributed by atoms with van der Waals surface area (Å²) < 4.78 is 19.7. The second kappa shape index (κ2) is 15.8. The Balaban J connectivity index is 1.33. The normalized spacial score (nSPS) is 11.7. The molecule has 3 N–H and O–H groups in total. The Morgan fingerprint density at radius 3 is 2.09 bits per heavy atom. The van der Waals surface area contributed by atoms with Crippen LogP contribution in [0.5, 0.6) is 5.75 Å². The van der Waals surface area contributed by atoms with Crippen LogP contribution < -0.4 is 20.7 Å². The van der Waals surface area contributed by atoms with Gasteiger partial charge in [-0.1, -0.05) is 78.3 Å². The molecule has 0 heterocycles. The third kappa shape index (κ3) is 8.88. The van der Waals surface area contributed by atoms with Crippen molar-refractivity contribution in [1.29, 1.82) is 0 Å². The van der Waals surface area contributed by atoms with Crippen LogP contribution in [0.3, 0.4) is 0 Å². The monoisotopic (exact) mass is 665 g/mol. The van der Waals surface area contributed by atoms with E-state index in [0.29, 0.717) is 27.7 Å².